The lowest BCUT2D eigenvalue weighted by atomic mass is 10.1. The third-order valence-electron chi connectivity index (χ3n) is 4.28. The second-order valence-electron chi connectivity index (χ2n) is 6.22. The molecule has 2 aliphatic rings. The number of amidine groups is 1. The molecule has 0 fully saturated rings. The Labute approximate surface area is 173 Å². The third kappa shape index (κ3) is 4.47. The molecule has 27 heavy (non-hydrogen) atoms. The van der Waals surface area contributed by atoms with Crippen LogP contribution in [-0.2, 0) is 0 Å². The lowest BCUT2D eigenvalue weighted by Gasteiger charge is -2.24. The van der Waals surface area contributed by atoms with Gasteiger partial charge in [-0.15, -0.1) is 17.0 Å². The lowest BCUT2D eigenvalue weighted by molar-refractivity contribution is 0.100. The van der Waals surface area contributed by atoms with Crippen LogP contribution in [0.1, 0.15) is 15.9 Å². The summed E-state index contributed by atoms with van der Waals surface area (Å²) in [7, 11) is 0. The Morgan fingerprint density at radius 2 is 1.96 bits per heavy atom. The van der Waals surface area contributed by atoms with Crippen LogP contribution < -0.4 is 14.4 Å². The highest BCUT2D eigenvalue weighted by atomic mass is 79.9. The molecule has 0 aromatic heterocycles. The summed E-state index contributed by atoms with van der Waals surface area (Å²) in [6.45, 7) is 4.13. The fourth-order valence-electron chi connectivity index (χ4n) is 3.00. The minimum atomic E-state index is 0. The van der Waals surface area contributed by atoms with Crippen LogP contribution in [0.5, 0.6) is 11.5 Å². The van der Waals surface area contributed by atoms with Gasteiger partial charge in [-0.1, -0.05) is 23.9 Å². The highest BCUT2D eigenvalue weighted by Gasteiger charge is 2.22. The fourth-order valence-corrected chi connectivity index (χ4v) is 3.88. The number of carbonyl (C=O) groups excluding carboxylic acids is 1. The molecule has 7 heteroatoms. The van der Waals surface area contributed by atoms with Crippen molar-refractivity contribution in [2.45, 2.75) is 6.92 Å². The molecule has 2 heterocycles. The van der Waals surface area contributed by atoms with Gasteiger partial charge in [0.2, 0.25) is 0 Å². The number of aliphatic imine (C=N–C) groups is 1. The van der Waals surface area contributed by atoms with Crippen LogP contribution in [0.25, 0.3) is 0 Å². The third-order valence-corrected chi connectivity index (χ3v) is 5.27. The number of thioether (sulfide) groups is 1. The average molecular weight is 449 g/mol. The van der Waals surface area contributed by atoms with E-state index in [1.165, 1.54) is 0 Å². The van der Waals surface area contributed by atoms with E-state index in [-0.39, 0.29) is 29.3 Å². The molecule has 0 saturated carbocycles. The van der Waals surface area contributed by atoms with Crippen LogP contribution in [0.2, 0.25) is 0 Å². The van der Waals surface area contributed by atoms with Crippen molar-refractivity contribution in [2.24, 2.45) is 4.99 Å². The molecule has 0 N–H and O–H groups in total. The summed E-state index contributed by atoms with van der Waals surface area (Å²) in [4.78, 5) is 19.5. The molecule has 0 atom stereocenters. The Balaban J connectivity index is 0.00000210. The van der Waals surface area contributed by atoms with Crippen molar-refractivity contribution in [1.82, 2.24) is 0 Å². The first-order valence-corrected chi connectivity index (χ1v) is 9.63. The van der Waals surface area contributed by atoms with Crippen molar-refractivity contribution < 1.29 is 14.3 Å². The number of hydrogen-bond donors (Lipinski definition) is 0. The topological polar surface area (TPSA) is 51.1 Å². The molecule has 5 nitrogen and oxygen atoms in total. The number of nitrogens with zero attached hydrogens (tertiary/aromatic N) is 2. The lowest BCUT2D eigenvalue weighted by Crippen LogP contribution is -2.33. The van der Waals surface area contributed by atoms with Gasteiger partial charge in [0.05, 0.1) is 13.1 Å². The summed E-state index contributed by atoms with van der Waals surface area (Å²) < 4.78 is 11.1. The quantitative estimate of drug-likeness (QED) is 0.657. The number of fused-ring (bicyclic) bond motifs is 1. The first-order chi connectivity index (χ1) is 12.7. The maximum absolute atomic E-state index is 13.0. The fraction of sp³-hybridized carbons (Fsp3) is 0.300. The van der Waals surface area contributed by atoms with E-state index in [1.807, 2.05) is 30.0 Å². The van der Waals surface area contributed by atoms with E-state index in [0.29, 0.717) is 30.3 Å². The van der Waals surface area contributed by atoms with Crippen molar-refractivity contribution in [3.63, 3.8) is 0 Å². The maximum atomic E-state index is 13.0. The molecule has 0 bridgehead atoms. The van der Waals surface area contributed by atoms with E-state index in [2.05, 4.69) is 11.1 Å². The monoisotopic (exact) mass is 448 g/mol. The molecule has 0 unspecified atom stereocenters. The number of hydrogen-bond acceptors (Lipinski definition) is 6. The zero-order valence-corrected chi connectivity index (χ0v) is 17.5. The van der Waals surface area contributed by atoms with E-state index in [4.69, 9.17) is 9.47 Å². The molecule has 2 aromatic carbocycles. The molecule has 0 aliphatic carbocycles. The zero-order chi connectivity index (χ0) is 17.9. The molecule has 0 radical (unpaired) electrons. The number of Topliss-reactive ketones (excluding diaryl/α,β-unsaturated/α-hetero) is 1. The Kier molecular flexibility index (Phi) is 6.44. The molecule has 2 aromatic rings. The van der Waals surface area contributed by atoms with Crippen molar-refractivity contribution in [1.29, 1.82) is 0 Å². The van der Waals surface area contributed by atoms with Gasteiger partial charge >= 0.3 is 0 Å². The normalized spacial score (nSPS) is 14.9. The molecular weight excluding hydrogens is 428 g/mol. The SMILES string of the molecule is Br.Cc1cccc(N(CC(=O)c2ccc3c(c2)OCCO3)C2=NCCS2)c1. The van der Waals surface area contributed by atoms with Crippen molar-refractivity contribution in [3.8, 4) is 11.5 Å². The standard InChI is InChI=1S/C20H20N2O3S.BrH/c1-14-3-2-4-16(11-14)22(20-21-7-10-26-20)13-17(23)15-5-6-18-19(12-15)25-9-8-24-18;/h2-6,11-12H,7-10,13H2,1H3;1H. The largest absolute Gasteiger partial charge is 0.486 e. The van der Waals surface area contributed by atoms with Gasteiger partial charge in [0.25, 0.3) is 0 Å². The van der Waals surface area contributed by atoms with Gasteiger partial charge in [-0.3, -0.25) is 9.79 Å². The Morgan fingerprint density at radius 3 is 2.70 bits per heavy atom. The summed E-state index contributed by atoms with van der Waals surface area (Å²) in [5, 5.41) is 0.904. The van der Waals surface area contributed by atoms with Crippen molar-refractivity contribution in [2.75, 3.05) is 37.0 Å². The molecule has 0 amide bonds. The summed E-state index contributed by atoms with van der Waals surface area (Å²) in [5.74, 6) is 2.31. The number of benzene rings is 2. The Bertz CT molecular complexity index is 872. The Hall–Kier alpha value is -1.99. The minimum Gasteiger partial charge on any atom is -0.486 e. The molecule has 4 rings (SSSR count). The molecule has 0 saturated heterocycles. The maximum Gasteiger partial charge on any atom is 0.182 e. The van der Waals surface area contributed by atoms with Gasteiger partial charge in [-0.2, -0.15) is 0 Å². The predicted molar refractivity (Wildman–Crippen MR) is 115 cm³/mol. The van der Waals surface area contributed by atoms with Crippen LogP contribution in [0.3, 0.4) is 0 Å². The number of aryl methyl sites for hydroxylation is 1. The number of ketones is 1. The first kappa shape index (κ1) is 19.8. The average Bonchev–Trinajstić information content (AvgIpc) is 3.20. The van der Waals surface area contributed by atoms with Crippen LogP contribution in [0.15, 0.2) is 47.5 Å². The van der Waals surface area contributed by atoms with Crippen LogP contribution >= 0.6 is 28.7 Å². The molecular formula is C20H21BrN2O3S. The van der Waals surface area contributed by atoms with Crippen LogP contribution in [0, 0.1) is 6.92 Å². The van der Waals surface area contributed by atoms with Crippen LogP contribution in [-0.4, -0.2) is 43.0 Å². The zero-order valence-electron chi connectivity index (χ0n) is 15.0. The van der Waals surface area contributed by atoms with Crippen molar-refractivity contribution in [3.05, 3.63) is 53.6 Å². The van der Waals surface area contributed by atoms with Crippen molar-refractivity contribution >= 4 is 45.4 Å². The highest BCUT2D eigenvalue weighted by Crippen LogP contribution is 2.31. The van der Waals surface area contributed by atoms with E-state index in [0.717, 1.165) is 28.7 Å². The van der Waals surface area contributed by atoms with E-state index >= 15 is 0 Å². The first-order valence-electron chi connectivity index (χ1n) is 8.65. The highest BCUT2D eigenvalue weighted by molar-refractivity contribution is 8.93. The van der Waals surface area contributed by atoms with Gasteiger partial charge in [0, 0.05) is 17.0 Å². The van der Waals surface area contributed by atoms with Gasteiger partial charge in [-0.05, 0) is 42.8 Å². The summed E-state index contributed by atoms with van der Waals surface area (Å²) in [6.07, 6.45) is 0. The number of anilines is 1. The predicted octanol–water partition coefficient (Wildman–Crippen LogP) is 4.14. The summed E-state index contributed by atoms with van der Waals surface area (Å²) in [5.41, 5.74) is 2.77. The summed E-state index contributed by atoms with van der Waals surface area (Å²) in [6, 6.07) is 13.5. The summed E-state index contributed by atoms with van der Waals surface area (Å²) >= 11 is 1.69. The van der Waals surface area contributed by atoms with Gasteiger partial charge in [-0.25, -0.2) is 0 Å². The number of halogens is 1. The molecule has 142 valence electrons. The van der Waals surface area contributed by atoms with E-state index < -0.39 is 0 Å². The smallest absolute Gasteiger partial charge is 0.182 e. The number of rotatable bonds is 4. The Morgan fingerprint density at radius 1 is 1.15 bits per heavy atom. The molecule has 2 aliphatic heterocycles. The van der Waals surface area contributed by atoms with E-state index in [9.17, 15) is 4.79 Å². The van der Waals surface area contributed by atoms with E-state index in [1.54, 1.807) is 30.0 Å². The number of ether oxygens (including phenoxy) is 2. The minimum absolute atomic E-state index is 0. The molecule has 0 spiro atoms. The van der Waals surface area contributed by atoms with Gasteiger partial charge in [0.1, 0.15) is 13.2 Å². The second kappa shape index (κ2) is 8.80. The van der Waals surface area contributed by atoms with Gasteiger partial charge in [0.15, 0.2) is 22.4 Å². The number of carbonyl (C=O) groups is 1. The van der Waals surface area contributed by atoms with Gasteiger partial charge < -0.3 is 14.4 Å². The second-order valence-corrected chi connectivity index (χ2v) is 7.28. The van der Waals surface area contributed by atoms with Crippen LogP contribution in [0.4, 0.5) is 5.69 Å².